The number of pyridine rings is 1. The SMILES string of the molecule is Cn1c(=O)nnc2cccnc21. The van der Waals surface area contributed by atoms with Crippen LogP contribution in [0.25, 0.3) is 11.2 Å². The Morgan fingerprint density at radius 2 is 2.25 bits per heavy atom. The molecule has 0 saturated carbocycles. The minimum absolute atomic E-state index is 0.388. The molecule has 2 aromatic heterocycles. The maximum absolute atomic E-state index is 11.0. The van der Waals surface area contributed by atoms with Crippen molar-refractivity contribution in [1.29, 1.82) is 0 Å². The van der Waals surface area contributed by atoms with Crippen molar-refractivity contribution >= 4 is 11.2 Å². The van der Waals surface area contributed by atoms with Gasteiger partial charge in [0.2, 0.25) is 0 Å². The molecular formula is C7H6N4O. The van der Waals surface area contributed by atoms with Gasteiger partial charge in [0.05, 0.1) is 0 Å². The lowest BCUT2D eigenvalue weighted by Crippen LogP contribution is -2.21. The molecule has 0 aromatic carbocycles. The zero-order valence-corrected chi connectivity index (χ0v) is 6.43. The predicted octanol–water partition coefficient (Wildman–Crippen LogP) is -0.277. The molecule has 2 rings (SSSR count). The van der Waals surface area contributed by atoms with Crippen LogP contribution in [0.1, 0.15) is 0 Å². The lowest BCUT2D eigenvalue weighted by atomic mass is 10.4. The second-order valence-corrected chi connectivity index (χ2v) is 2.39. The average molecular weight is 162 g/mol. The van der Waals surface area contributed by atoms with Crippen molar-refractivity contribution in [3.05, 3.63) is 28.8 Å². The van der Waals surface area contributed by atoms with Crippen molar-refractivity contribution in [3.63, 3.8) is 0 Å². The molecule has 0 aliphatic heterocycles. The first-order valence-electron chi connectivity index (χ1n) is 3.43. The molecular weight excluding hydrogens is 156 g/mol. The van der Waals surface area contributed by atoms with Crippen molar-refractivity contribution in [3.8, 4) is 0 Å². The summed E-state index contributed by atoms with van der Waals surface area (Å²) in [5, 5.41) is 7.12. The van der Waals surface area contributed by atoms with Crippen LogP contribution in [0.3, 0.4) is 0 Å². The van der Waals surface area contributed by atoms with E-state index in [-0.39, 0.29) is 5.69 Å². The van der Waals surface area contributed by atoms with E-state index in [1.54, 1.807) is 25.4 Å². The number of aryl methyl sites for hydroxylation is 1. The molecule has 12 heavy (non-hydrogen) atoms. The fourth-order valence-corrected chi connectivity index (χ4v) is 0.979. The van der Waals surface area contributed by atoms with E-state index in [1.807, 2.05) is 0 Å². The molecule has 0 amide bonds. The minimum atomic E-state index is -0.388. The van der Waals surface area contributed by atoms with Crippen LogP contribution in [0.5, 0.6) is 0 Å². The largest absolute Gasteiger partial charge is 0.367 e. The molecule has 0 bridgehead atoms. The summed E-state index contributed by atoms with van der Waals surface area (Å²) >= 11 is 0. The Morgan fingerprint density at radius 3 is 3.08 bits per heavy atom. The van der Waals surface area contributed by atoms with Crippen molar-refractivity contribution in [2.45, 2.75) is 0 Å². The fraction of sp³-hybridized carbons (Fsp3) is 0.143. The van der Waals surface area contributed by atoms with Crippen LogP contribution in [0.4, 0.5) is 0 Å². The van der Waals surface area contributed by atoms with Gasteiger partial charge in [0, 0.05) is 13.2 Å². The first kappa shape index (κ1) is 6.90. The van der Waals surface area contributed by atoms with E-state index in [2.05, 4.69) is 15.2 Å². The normalized spacial score (nSPS) is 10.4. The molecule has 0 atom stereocenters. The van der Waals surface area contributed by atoms with Crippen molar-refractivity contribution in [2.75, 3.05) is 0 Å². The Balaban J connectivity index is 3.01. The van der Waals surface area contributed by atoms with Gasteiger partial charge in [-0.3, -0.25) is 4.57 Å². The molecule has 5 heteroatoms. The fourth-order valence-electron chi connectivity index (χ4n) is 0.979. The number of rotatable bonds is 0. The number of hydrogen-bond donors (Lipinski definition) is 0. The van der Waals surface area contributed by atoms with Gasteiger partial charge in [-0.15, -0.1) is 5.10 Å². The molecule has 0 aliphatic carbocycles. The van der Waals surface area contributed by atoms with Crippen molar-refractivity contribution < 1.29 is 0 Å². The summed E-state index contributed by atoms with van der Waals surface area (Å²) in [4.78, 5) is 15.0. The molecule has 5 nitrogen and oxygen atoms in total. The molecule has 60 valence electrons. The van der Waals surface area contributed by atoms with Crippen LogP contribution in [-0.2, 0) is 7.05 Å². The van der Waals surface area contributed by atoms with Crippen LogP contribution in [0, 0.1) is 0 Å². The van der Waals surface area contributed by atoms with E-state index in [0.29, 0.717) is 11.2 Å². The molecule has 0 fully saturated rings. The van der Waals surface area contributed by atoms with Crippen LogP contribution < -0.4 is 5.69 Å². The van der Waals surface area contributed by atoms with Gasteiger partial charge in [-0.05, 0) is 12.1 Å². The standard InChI is InChI=1S/C7H6N4O/c1-11-6-5(3-2-4-8-6)9-10-7(11)12/h2-4H,1H3. The second kappa shape index (κ2) is 2.37. The summed E-state index contributed by atoms with van der Waals surface area (Å²) < 4.78 is 1.36. The van der Waals surface area contributed by atoms with Gasteiger partial charge in [-0.1, -0.05) is 5.10 Å². The van der Waals surface area contributed by atoms with Crippen LogP contribution in [0.2, 0.25) is 0 Å². The monoisotopic (exact) mass is 162 g/mol. The molecule has 0 spiro atoms. The quantitative estimate of drug-likeness (QED) is 0.534. The first-order chi connectivity index (χ1) is 5.79. The van der Waals surface area contributed by atoms with Crippen molar-refractivity contribution in [1.82, 2.24) is 19.7 Å². The summed E-state index contributed by atoms with van der Waals surface area (Å²) in [5.74, 6) is 0. The topological polar surface area (TPSA) is 60.7 Å². The lowest BCUT2D eigenvalue weighted by molar-refractivity contribution is 0.792. The number of hydrogen-bond acceptors (Lipinski definition) is 4. The van der Waals surface area contributed by atoms with Gasteiger partial charge >= 0.3 is 5.69 Å². The van der Waals surface area contributed by atoms with Crippen molar-refractivity contribution in [2.24, 2.45) is 7.05 Å². The van der Waals surface area contributed by atoms with E-state index in [1.165, 1.54) is 4.57 Å². The van der Waals surface area contributed by atoms with Gasteiger partial charge in [-0.25, -0.2) is 9.78 Å². The van der Waals surface area contributed by atoms with E-state index in [9.17, 15) is 4.79 Å². The highest BCUT2D eigenvalue weighted by Gasteiger charge is 1.99. The Kier molecular flexibility index (Phi) is 1.36. The molecule has 0 N–H and O–H groups in total. The highest BCUT2D eigenvalue weighted by Crippen LogP contribution is 2.00. The highest BCUT2D eigenvalue weighted by molar-refractivity contribution is 5.68. The van der Waals surface area contributed by atoms with E-state index in [0.717, 1.165) is 0 Å². The van der Waals surface area contributed by atoms with Crippen LogP contribution in [0.15, 0.2) is 23.1 Å². The molecule has 0 unspecified atom stereocenters. The van der Waals surface area contributed by atoms with Gasteiger partial charge in [0.15, 0.2) is 5.65 Å². The van der Waals surface area contributed by atoms with E-state index in [4.69, 9.17) is 0 Å². The predicted molar refractivity (Wildman–Crippen MR) is 42.6 cm³/mol. The highest BCUT2D eigenvalue weighted by atomic mass is 16.1. The molecule has 2 aromatic rings. The Hall–Kier alpha value is -1.78. The number of fused-ring (bicyclic) bond motifs is 1. The second-order valence-electron chi connectivity index (χ2n) is 2.39. The van der Waals surface area contributed by atoms with Gasteiger partial charge in [0.1, 0.15) is 5.52 Å². The van der Waals surface area contributed by atoms with E-state index < -0.39 is 0 Å². The third-order valence-corrected chi connectivity index (χ3v) is 1.61. The average Bonchev–Trinajstić information content (AvgIpc) is 2.12. The zero-order valence-electron chi connectivity index (χ0n) is 6.43. The maximum Gasteiger partial charge on any atom is 0.367 e. The third-order valence-electron chi connectivity index (χ3n) is 1.61. The Morgan fingerprint density at radius 1 is 1.42 bits per heavy atom. The summed E-state index contributed by atoms with van der Waals surface area (Å²) in [7, 11) is 1.62. The minimum Gasteiger partial charge on any atom is -0.277 e. The number of nitrogens with zero attached hydrogens (tertiary/aromatic N) is 4. The van der Waals surface area contributed by atoms with Gasteiger partial charge < -0.3 is 0 Å². The van der Waals surface area contributed by atoms with Gasteiger partial charge in [0.25, 0.3) is 0 Å². The molecule has 2 heterocycles. The summed E-state index contributed by atoms with van der Waals surface area (Å²) in [6.45, 7) is 0. The first-order valence-corrected chi connectivity index (χ1v) is 3.43. The van der Waals surface area contributed by atoms with Crippen LogP contribution >= 0.6 is 0 Å². The molecule has 0 aliphatic rings. The summed E-state index contributed by atoms with van der Waals surface area (Å²) in [6, 6.07) is 3.51. The molecule has 0 saturated heterocycles. The Labute approximate surface area is 67.7 Å². The molecule has 0 radical (unpaired) electrons. The summed E-state index contributed by atoms with van der Waals surface area (Å²) in [5.41, 5.74) is 0.790. The van der Waals surface area contributed by atoms with E-state index >= 15 is 0 Å². The van der Waals surface area contributed by atoms with Gasteiger partial charge in [-0.2, -0.15) is 0 Å². The summed E-state index contributed by atoms with van der Waals surface area (Å²) in [6.07, 6.45) is 1.61. The lowest BCUT2D eigenvalue weighted by Gasteiger charge is -1.98. The smallest absolute Gasteiger partial charge is 0.277 e. The Bertz CT molecular complexity index is 476. The third kappa shape index (κ3) is 0.868. The maximum atomic E-state index is 11.0. The van der Waals surface area contributed by atoms with Crippen LogP contribution in [-0.4, -0.2) is 19.7 Å². The zero-order chi connectivity index (χ0) is 8.55. The number of aromatic nitrogens is 4.